The first-order chi connectivity index (χ1) is 5.86. The van der Waals surface area contributed by atoms with Gasteiger partial charge in [-0.2, -0.15) is 5.48 Å². The van der Waals surface area contributed by atoms with Gasteiger partial charge in [0.15, 0.2) is 0 Å². The highest BCUT2D eigenvalue weighted by Crippen LogP contribution is 2.03. The molecule has 1 rings (SSSR count). The second kappa shape index (κ2) is 4.87. The van der Waals surface area contributed by atoms with Gasteiger partial charge in [0.2, 0.25) is 0 Å². The molecule has 66 valence electrons. The van der Waals surface area contributed by atoms with E-state index in [1.54, 1.807) is 7.11 Å². The van der Waals surface area contributed by atoms with Crippen LogP contribution >= 0.6 is 0 Å². The van der Waals surface area contributed by atoms with E-state index in [0.717, 1.165) is 11.1 Å². The largest absolute Gasteiger partial charge is 0.392 e. The molecule has 0 aromatic heterocycles. The van der Waals surface area contributed by atoms with Gasteiger partial charge in [0.05, 0.1) is 13.7 Å². The average Bonchev–Trinajstić information content (AvgIpc) is 2.15. The van der Waals surface area contributed by atoms with Crippen LogP contribution in [0.15, 0.2) is 24.3 Å². The summed E-state index contributed by atoms with van der Waals surface area (Å²) < 4.78 is 0. The van der Waals surface area contributed by atoms with E-state index in [4.69, 9.17) is 9.94 Å². The predicted molar refractivity (Wildman–Crippen MR) is 46.2 cm³/mol. The molecule has 3 nitrogen and oxygen atoms in total. The molecule has 0 aliphatic carbocycles. The highest BCUT2D eigenvalue weighted by molar-refractivity contribution is 5.21. The first-order valence-electron chi connectivity index (χ1n) is 3.81. The summed E-state index contributed by atoms with van der Waals surface area (Å²) in [7, 11) is 1.59. The molecule has 12 heavy (non-hydrogen) atoms. The van der Waals surface area contributed by atoms with Gasteiger partial charge in [-0.3, -0.25) is 0 Å². The molecule has 0 fully saturated rings. The van der Waals surface area contributed by atoms with Crippen molar-refractivity contribution in [3.63, 3.8) is 0 Å². The topological polar surface area (TPSA) is 41.5 Å². The highest BCUT2D eigenvalue weighted by atomic mass is 16.6. The third-order valence-corrected chi connectivity index (χ3v) is 1.63. The molecule has 0 saturated carbocycles. The van der Waals surface area contributed by atoms with Crippen molar-refractivity contribution >= 4 is 0 Å². The zero-order valence-electron chi connectivity index (χ0n) is 7.08. The lowest BCUT2D eigenvalue weighted by molar-refractivity contribution is 0.0867. The molecule has 1 aromatic carbocycles. The summed E-state index contributed by atoms with van der Waals surface area (Å²) >= 11 is 0. The normalized spacial score (nSPS) is 10.2. The van der Waals surface area contributed by atoms with Crippen molar-refractivity contribution in [2.24, 2.45) is 0 Å². The van der Waals surface area contributed by atoms with Crippen molar-refractivity contribution in [2.75, 3.05) is 7.11 Å². The van der Waals surface area contributed by atoms with Crippen LogP contribution in [0.2, 0.25) is 0 Å². The van der Waals surface area contributed by atoms with E-state index in [2.05, 4.69) is 5.48 Å². The molecule has 0 atom stereocenters. The van der Waals surface area contributed by atoms with Gasteiger partial charge >= 0.3 is 0 Å². The molecule has 0 saturated heterocycles. The number of nitrogens with one attached hydrogen (secondary N) is 1. The Bertz CT molecular complexity index is 220. The Morgan fingerprint density at radius 2 is 1.83 bits per heavy atom. The lowest BCUT2D eigenvalue weighted by Gasteiger charge is -2.02. The number of benzene rings is 1. The Morgan fingerprint density at radius 3 is 2.33 bits per heavy atom. The summed E-state index contributed by atoms with van der Waals surface area (Å²) in [5, 5.41) is 8.76. The van der Waals surface area contributed by atoms with E-state index in [1.165, 1.54) is 0 Å². The number of aliphatic hydroxyl groups is 1. The summed E-state index contributed by atoms with van der Waals surface area (Å²) in [6, 6.07) is 7.70. The summed E-state index contributed by atoms with van der Waals surface area (Å²) in [6.45, 7) is 0.778. The van der Waals surface area contributed by atoms with E-state index in [1.807, 2.05) is 24.3 Å². The third kappa shape index (κ3) is 2.62. The molecule has 3 heteroatoms. The van der Waals surface area contributed by atoms with Gasteiger partial charge in [0.25, 0.3) is 0 Å². The number of hydroxylamine groups is 1. The van der Waals surface area contributed by atoms with Crippen LogP contribution in [0.5, 0.6) is 0 Å². The van der Waals surface area contributed by atoms with Crippen molar-refractivity contribution in [1.29, 1.82) is 0 Å². The van der Waals surface area contributed by atoms with Gasteiger partial charge in [-0.1, -0.05) is 24.3 Å². The number of hydrogen-bond donors (Lipinski definition) is 2. The molecule has 0 spiro atoms. The molecule has 0 heterocycles. The molecule has 0 bridgehead atoms. The molecule has 2 N–H and O–H groups in total. The maximum Gasteiger partial charge on any atom is 0.0681 e. The molecular formula is C9H13NO2. The predicted octanol–water partition coefficient (Wildman–Crippen LogP) is 0.830. The fraction of sp³-hybridized carbons (Fsp3) is 0.333. The van der Waals surface area contributed by atoms with Gasteiger partial charge in [0, 0.05) is 6.54 Å². The van der Waals surface area contributed by atoms with Crippen molar-refractivity contribution in [3.05, 3.63) is 35.4 Å². The Balaban J connectivity index is 2.53. The minimum absolute atomic E-state index is 0.0952. The number of aliphatic hydroxyl groups excluding tert-OH is 1. The zero-order chi connectivity index (χ0) is 8.81. The molecule has 0 unspecified atom stereocenters. The Kier molecular flexibility index (Phi) is 3.73. The van der Waals surface area contributed by atoms with Crippen LogP contribution in [0, 0.1) is 0 Å². The van der Waals surface area contributed by atoms with Gasteiger partial charge in [0.1, 0.15) is 0 Å². The fourth-order valence-corrected chi connectivity index (χ4v) is 0.918. The molecule has 0 amide bonds. The second-order valence-corrected chi connectivity index (χ2v) is 2.50. The second-order valence-electron chi connectivity index (χ2n) is 2.50. The first-order valence-corrected chi connectivity index (χ1v) is 3.81. The SMILES string of the molecule is CONCc1ccc(CO)cc1. The Labute approximate surface area is 71.9 Å². The number of rotatable bonds is 4. The van der Waals surface area contributed by atoms with E-state index >= 15 is 0 Å². The van der Waals surface area contributed by atoms with Crippen molar-refractivity contribution in [2.45, 2.75) is 13.2 Å². The molecule has 1 aromatic rings. The molecule has 0 aliphatic heterocycles. The van der Waals surface area contributed by atoms with Gasteiger partial charge in [-0.05, 0) is 11.1 Å². The minimum Gasteiger partial charge on any atom is -0.392 e. The summed E-state index contributed by atoms with van der Waals surface area (Å²) in [5.41, 5.74) is 4.80. The summed E-state index contributed by atoms with van der Waals surface area (Å²) in [5.74, 6) is 0. The molecular weight excluding hydrogens is 154 g/mol. The van der Waals surface area contributed by atoms with Crippen LogP contribution < -0.4 is 5.48 Å². The van der Waals surface area contributed by atoms with Gasteiger partial charge < -0.3 is 9.94 Å². The maximum atomic E-state index is 8.76. The van der Waals surface area contributed by atoms with Crippen LogP contribution in [0.1, 0.15) is 11.1 Å². The van der Waals surface area contributed by atoms with Crippen molar-refractivity contribution in [3.8, 4) is 0 Å². The molecule has 0 aliphatic rings. The lowest BCUT2D eigenvalue weighted by Crippen LogP contribution is -2.10. The van der Waals surface area contributed by atoms with E-state index in [-0.39, 0.29) is 6.61 Å². The van der Waals surface area contributed by atoms with Crippen LogP contribution in [-0.2, 0) is 18.0 Å². The van der Waals surface area contributed by atoms with Gasteiger partial charge in [-0.15, -0.1) is 0 Å². The van der Waals surface area contributed by atoms with E-state index in [9.17, 15) is 0 Å². The summed E-state index contributed by atoms with van der Waals surface area (Å²) in [6.07, 6.45) is 0. The summed E-state index contributed by atoms with van der Waals surface area (Å²) in [4.78, 5) is 4.70. The Morgan fingerprint density at radius 1 is 1.25 bits per heavy atom. The molecule has 0 radical (unpaired) electrons. The zero-order valence-corrected chi connectivity index (χ0v) is 7.08. The first kappa shape index (κ1) is 9.19. The highest BCUT2D eigenvalue weighted by Gasteiger charge is 1.92. The van der Waals surface area contributed by atoms with Crippen LogP contribution in [0.25, 0.3) is 0 Å². The van der Waals surface area contributed by atoms with Crippen LogP contribution in [0.3, 0.4) is 0 Å². The lowest BCUT2D eigenvalue weighted by atomic mass is 10.1. The van der Waals surface area contributed by atoms with Crippen molar-refractivity contribution in [1.82, 2.24) is 5.48 Å². The van der Waals surface area contributed by atoms with E-state index < -0.39 is 0 Å². The maximum absolute atomic E-state index is 8.76. The van der Waals surface area contributed by atoms with Crippen LogP contribution in [-0.4, -0.2) is 12.2 Å². The minimum atomic E-state index is 0.0952. The Hall–Kier alpha value is -0.900. The van der Waals surface area contributed by atoms with Crippen LogP contribution in [0.4, 0.5) is 0 Å². The average molecular weight is 167 g/mol. The van der Waals surface area contributed by atoms with Gasteiger partial charge in [-0.25, -0.2) is 0 Å². The van der Waals surface area contributed by atoms with E-state index in [0.29, 0.717) is 6.54 Å². The smallest absolute Gasteiger partial charge is 0.0681 e. The number of hydrogen-bond acceptors (Lipinski definition) is 3. The quantitative estimate of drug-likeness (QED) is 0.653. The third-order valence-electron chi connectivity index (χ3n) is 1.63. The monoisotopic (exact) mass is 167 g/mol. The fourth-order valence-electron chi connectivity index (χ4n) is 0.918. The van der Waals surface area contributed by atoms with Crippen molar-refractivity contribution < 1.29 is 9.94 Å². The standard InChI is InChI=1S/C9H13NO2/c1-12-10-6-8-2-4-9(7-11)5-3-8/h2-5,10-11H,6-7H2,1H3.